The summed E-state index contributed by atoms with van der Waals surface area (Å²) >= 11 is 0. The lowest BCUT2D eigenvalue weighted by Crippen LogP contribution is -2.46. The Hall–Kier alpha value is -1.35. The van der Waals surface area contributed by atoms with Crippen LogP contribution in [0.5, 0.6) is 0 Å². The highest BCUT2D eigenvalue weighted by Crippen LogP contribution is 2.34. The van der Waals surface area contributed by atoms with Crippen LogP contribution in [0, 0.1) is 0 Å². The lowest BCUT2D eigenvalue weighted by molar-refractivity contribution is -0.136. The van der Waals surface area contributed by atoms with Crippen LogP contribution in [-0.4, -0.2) is 41.4 Å². The van der Waals surface area contributed by atoms with Gasteiger partial charge in [-0.25, -0.2) is 0 Å². The third-order valence-corrected chi connectivity index (χ3v) is 4.42. The van der Waals surface area contributed by atoms with Crippen LogP contribution in [-0.2, 0) is 11.2 Å². The minimum atomic E-state index is 0.229. The van der Waals surface area contributed by atoms with E-state index < -0.39 is 0 Å². The van der Waals surface area contributed by atoms with Gasteiger partial charge in [0.15, 0.2) is 0 Å². The highest BCUT2D eigenvalue weighted by molar-refractivity contribution is 5.79. The van der Waals surface area contributed by atoms with E-state index in [4.69, 9.17) is 0 Å². The summed E-state index contributed by atoms with van der Waals surface area (Å²) < 4.78 is 0. The molecular weight excluding hydrogens is 260 g/mol. The highest BCUT2D eigenvalue weighted by Gasteiger charge is 2.28. The third-order valence-electron chi connectivity index (χ3n) is 4.42. The van der Waals surface area contributed by atoms with E-state index in [1.807, 2.05) is 4.90 Å². The van der Waals surface area contributed by atoms with Crippen molar-refractivity contribution >= 4 is 5.91 Å². The van der Waals surface area contributed by atoms with Crippen LogP contribution in [0.4, 0.5) is 0 Å². The Balaban J connectivity index is 2.05. The van der Waals surface area contributed by atoms with Crippen molar-refractivity contribution in [2.45, 2.75) is 58.7 Å². The quantitative estimate of drug-likeness (QED) is 0.830. The number of rotatable bonds is 5. The van der Waals surface area contributed by atoms with Gasteiger partial charge in [-0.15, -0.1) is 0 Å². The van der Waals surface area contributed by atoms with Crippen LogP contribution < -0.4 is 0 Å². The van der Waals surface area contributed by atoms with Gasteiger partial charge in [-0.3, -0.25) is 9.69 Å². The highest BCUT2D eigenvalue weighted by atomic mass is 16.2. The van der Waals surface area contributed by atoms with Crippen LogP contribution in [0.15, 0.2) is 24.3 Å². The van der Waals surface area contributed by atoms with E-state index in [1.165, 1.54) is 11.1 Å². The number of carbonyl (C=O) groups excluding carboxylic acids is 1. The van der Waals surface area contributed by atoms with Gasteiger partial charge in [0.25, 0.3) is 0 Å². The van der Waals surface area contributed by atoms with Crippen molar-refractivity contribution in [3.63, 3.8) is 0 Å². The molecule has 0 unspecified atom stereocenters. The smallest absolute Gasteiger partial charge is 0.237 e. The van der Waals surface area contributed by atoms with Gasteiger partial charge in [0.2, 0.25) is 5.91 Å². The number of hydrogen-bond acceptors (Lipinski definition) is 2. The predicted molar refractivity (Wildman–Crippen MR) is 87.3 cm³/mol. The molecule has 3 nitrogen and oxygen atoms in total. The molecule has 1 amide bonds. The monoisotopic (exact) mass is 288 g/mol. The molecule has 3 heteroatoms. The Labute approximate surface area is 128 Å². The summed E-state index contributed by atoms with van der Waals surface area (Å²) in [5, 5.41) is 0. The molecule has 0 bridgehead atoms. The standard InChI is InChI=1S/C18H28N2O/c1-13(2)20(14(3)4)18(21)12-19(5)17-11-10-15-8-6-7-9-16(15)17/h6-9,13-14,17H,10-12H2,1-5H3/t17-/m1/s1. The van der Waals surface area contributed by atoms with E-state index in [9.17, 15) is 4.79 Å². The van der Waals surface area contributed by atoms with Crippen molar-refractivity contribution in [3.8, 4) is 0 Å². The molecule has 0 aromatic heterocycles. The summed E-state index contributed by atoms with van der Waals surface area (Å²) in [6, 6.07) is 9.50. The average Bonchev–Trinajstić information content (AvgIpc) is 2.81. The van der Waals surface area contributed by atoms with Crippen molar-refractivity contribution in [1.29, 1.82) is 0 Å². The first-order valence-electron chi connectivity index (χ1n) is 8.01. The van der Waals surface area contributed by atoms with Gasteiger partial charge in [0.05, 0.1) is 6.54 Å². The number of nitrogens with zero attached hydrogens (tertiary/aromatic N) is 2. The zero-order valence-electron chi connectivity index (χ0n) is 14.0. The van der Waals surface area contributed by atoms with Crippen LogP contribution in [0.3, 0.4) is 0 Å². The number of likely N-dealkylation sites (N-methyl/N-ethyl adjacent to an activating group) is 1. The Kier molecular flexibility index (Phi) is 5.04. The summed E-state index contributed by atoms with van der Waals surface area (Å²) in [5.41, 5.74) is 2.83. The molecular formula is C18H28N2O. The SMILES string of the molecule is CC(C)N(C(=O)CN(C)[C@@H]1CCc2ccccc21)C(C)C. The lowest BCUT2D eigenvalue weighted by Gasteiger charge is -2.34. The lowest BCUT2D eigenvalue weighted by atomic mass is 10.1. The maximum absolute atomic E-state index is 12.6. The minimum Gasteiger partial charge on any atom is -0.337 e. The first kappa shape index (κ1) is 16.0. The van der Waals surface area contributed by atoms with Gasteiger partial charge in [-0.2, -0.15) is 0 Å². The topological polar surface area (TPSA) is 23.6 Å². The van der Waals surface area contributed by atoms with Gasteiger partial charge >= 0.3 is 0 Å². The van der Waals surface area contributed by atoms with Crippen molar-refractivity contribution in [2.24, 2.45) is 0 Å². The molecule has 116 valence electrons. The van der Waals surface area contributed by atoms with Crippen molar-refractivity contribution < 1.29 is 4.79 Å². The largest absolute Gasteiger partial charge is 0.337 e. The predicted octanol–water partition coefficient (Wildman–Crippen LogP) is 3.25. The van der Waals surface area contributed by atoms with Crippen molar-refractivity contribution in [2.75, 3.05) is 13.6 Å². The van der Waals surface area contributed by atoms with Crippen LogP contribution in [0.25, 0.3) is 0 Å². The molecule has 0 heterocycles. The van der Waals surface area contributed by atoms with Gasteiger partial charge < -0.3 is 4.90 Å². The van der Waals surface area contributed by atoms with E-state index in [-0.39, 0.29) is 18.0 Å². The molecule has 0 fully saturated rings. The van der Waals surface area contributed by atoms with E-state index in [0.717, 1.165) is 12.8 Å². The Morgan fingerprint density at radius 1 is 1.19 bits per heavy atom. The normalized spacial score (nSPS) is 17.6. The second-order valence-corrected chi connectivity index (χ2v) is 6.66. The number of hydrogen-bond donors (Lipinski definition) is 0. The molecule has 2 rings (SSSR count). The molecule has 0 spiro atoms. The average molecular weight is 288 g/mol. The van der Waals surface area contributed by atoms with Gasteiger partial charge in [-0.1, -0.05) is 24.3 Å². The first-order valence-corrected chi connectivity index (χ1v) is 8.01. The first-order chi connectivity index (χ1) is 9.91. The molecule has 0 saturated heterocycles. The van der Waals surface area contributed by atoms with E-state index >= 15 is 0 Å². The molecule has 1 aromatic rings. The molecule has 1 atom stereocenters. The second-order valence-electron chi connectivity index (χ2n) is 6.66. The van der Waals surface area contributed by atoms with E-state index in [2.05, 4.69) is 63.9 Å². The maximum Gasteiger partial charge on any atom is 0.237 e. The minimum absolute atomic E-state index is 0.229. The molecule has 1 aliphatic rings. The summed E-state index contributed by atoms with van der Waals surface area (Å²) in [5.74, 6) is 0.229. The Morgan fingerprint density at radius 3 is 2.43 bits per heavy atom. The molecule has 1 aromatic carbocycles. The van der Waals surface area contributed by atoms with Crippen LogP contribution in [0.2, 0.25) is 0 Å². The summed E-state index contributed by atoms with van der Waals surface area (Å²) in [7, 11) is 2.07. The number of benzene rings is 1. The van der Waals surface area contributed by atoms with Gasteiger partial charge in [0.1, 0.15) is 0 Å². The molecule has 21 heavy (non-hydrogen) atoms. The third kappa shape index (κ3) is 3.46. The van der Waals surface area contributed by atoms with Gasteiger partial charge in [-0.05, 0) is 58.7 Å². The summed E-state index contributed by atoms with van der Waals surface area (Å²) in [6.45, 7) is 8.84. The Morgan fingerprint density at radius 2 is 1.81 bits per heavy atom. The van der Waals surface area contributed by atoms with Gasteiger partial charge in [0, 0.05) is 18.1 Å². The zero-order valence-corrected chi connectivity index (χ0v) is 14.0. The second kappa shape index (κ2) is 6.61. The summed E-state index contributed by atoms with van der Waals surface area (Å²) in [4.78, 5) is 16.8. The molecule has 1 aliphatic carbocycles. The number of aryl methyl sites for hydroxylation is 1. The molecule has 0 aliphatic heterocycles. The van der Waals surface area contributed by atoms with Crippen molar-refractivity contribution in [1.82, 2.24) is 9.80 Å². The fourth-order valence-corrected chi connectivity index (χ4v) is 3.57. The van der Waals surface area contributed by atoms with Crippen LogP contribution in [0.1, 0.15) is 51.3 Å². The number of amides is 1. The van der Waals surface area contributed by atoms with E-state index in [0.29, 0.717) is 12.6 Å². The number of fused-ring (bicyclic) bond motifs is 1. The maximum atomic E-state index is 12.6. The van der Waals surface area contributed by atoms with Crippen molar-refractivity contribution in [3.05, 3.63) is 35.4 Å². The number of carbonyl (C=O) groups is 1. The molecule has 0 saturated carbocycles. The Bertz CT molecular complexity index is 488. The molecule has 0 N–H and O–H groups in total. The zero-order chi connectivity index (χ0) is 15.6. The fraction of sp³-hybridized carbons (Fsp3) is 0.611. The van der Waals surface area contributed by atoms with Crippen LogP contribution >= 0.6 is 0 Å². The molecule has 0 radical (unpaired) electrons. The van der Waals surface area contributed by atoms with E-state index in [1.54, 1.807) is 0 Å². The fourth-order valence-electron chi connectivity index (χ4n) is 3.57. The summed E-state index contributed by atoms with van der Waals surface area (Å²) in [6.07, 6.45) is 2.24.